The number of hydrogen-bond donors (Lipinski definition) is 2. The van der Waals surface area contributed by atoms with Crippen LogP contribution < -0.4 is 10.6 Å². The van der Waals surface area contributed by atoms with Crippen LogP contribution in [0.2, 0.25) is 0 Å². The van der Waals surface area contributed by atoms with Gasteiger partial charge in [-0.1, -0.05) is 35.5 Å². The highest BCUT2D eigenvalue weighted by Gasteiger charge is 2.31. The Morgan fingerprint density at radius 1 is 1.39 bits per heavy atom. The lowest BCUT2D eigenvalue weighted by Crippen LogP contribution is -2.51. The predicted molar refractivity (Wildman–Crippen MR) is 83.6 cm³/mol. The van der Waals surface area contributed by atoms with E-state index in [4.69, 9.17) is 4.52 Å². The first kappa shape index (κ1) is 15.2. The minimum Gasteiger partial charge on any atom is -0.360 e. The first-order valence-electron chi connectivity index (χ1n) is 7.43. The van der Waals surface area contributed by atoms with E-state index in [1.54, 1.807) is 13.0 Å². The van der Waals surface area contributed by atoms with Crippen LogP contribution in [0, 0.1) is 6.92 Å². The van der Waals surface area contributed by atoms with E-state index in [9.17, 15) is 9.59 Å². The third-order valence-corrected chi connectivity index (χ3v) is 3.68. The maximum atomic E-state index is 12.8. The zero-order valence-corrected chi connectivity index (χ0v) is 12.8. The zero-order chi connectivity index (χ0) is 16.2. The van der Waals surface area contributed by atoms with Crippen LogP contribution in [0.1, 0.15) is 17.4 Å². The van der Waals surface area contributed by atoms with Crippen molar-refractivity contribution in [2.45, 2.75) is 13.0 Å². The van der Waals surface area contributed by atoms with Crippen molar-refractivity contribution < 1.29 is 14.1 Å². The summed E-state index contributed by atoms with van der Waals surface area (Å²) in [5.74, 6) is 0.672. The molecule has 1 saturated heterocycles. The second-order valence-electron chi connectivity index (χ2n) is 5.45. The number of anilines is 1. The van der Waals surface area contributed by atoms with Crippen LogP contribution >= 0.6 is 0 Å². The number of carbonyl (C=O) groups excluding carboxylic acids is 2. The molecule has 2 heterocycles. The van der Waals surface area contributed by atoms with Gasteiger partial charge in [0, 0.05) is 19.2 Å². The third kappa shape index (κ3) is 3.57. The molecule has 1 atom stereocenters. The fraction of sp³-hybridized carbons (Fsp3) is 0.312. The number of nitrogens with one attached hydrogen (secondary N) is 2. The van der Waals surface area contributed by atoms with Gasteiger partial charge in [-0.05, 0) is 12.5 Å². The van der Waals surface area contributed by atoms with Crippen LogP contribution in [-0.2, 0) is 9.59 Å². The van der Waals surface area contributed by atoms with E-state index >= 15 is 0 Å². The molecular weight excluding hydrogens is 296 g/mol. The fourth-order valence-electron chi connectivity index (χ4n) is 2.66. The Morgan fingerprint density at radius 2 is 2.17 bits per heavy atom. The van der Waals surface area contributed by atoms with Gasteiger partial charge in [0.25, 0.3) is 0 Å². The number of hydrogen-bond acceptors (Lipinski definition) is 5. The minimum atomic E-state index is -0.556. The van der Waals surface area contributed by atoms with Crippen LogP contribution in [0.5, 0.6) is 0 Å². The molecule has 7 heteroatoms. The molecule has 1 aromatic heterocycles. The molecule has 1 aromatic carbocycles. The number of nitrogens with zero attached hydrogens (tertiary/aromatic N) is 2. The van der Waals surface area contributed by atoms with E-state index in [1.807, 2.05) is 35.2 Å². The summed E-state index contributed by atoms with van der Waals surface area (Å²) in [5.41, 5.74) is 0.833. The standard InChI is InChI=1S/C16H18N4O3/c1-11-9-13(19-23-11)18-16(22)15(12-5-3-2-4-6-12)20-8-7-17-14(21)10-20/h2-6,9,15H,7-8,10H2,1H3,(H,17,21)(H,18,19,22)/t15-/m1/s1. The first-order chi connectivity index (χ1) is 11.1. The molecule has 1 fully saturated rings. The van der Waals surface area contributed by atoms with Gasteiger partial charge in [0.1, 0.15) is 11.8 Å². The maximum Gasteiger partial charge on any atom is 0.247 e. The van der Waals surface area contributed by atoms with E-state index in [0.29, 0.717) is 24.7 Å². The van der Waals surface area contributed by atoms with E-state index in [1.165, 1.54) is 0 Å². The number of carbonyl (C=O) groups is 2. The normalized spacial score (nSPS) is 16.7. The number of piperazine rings is 1. The molecule has 0 saturated carbocycles. The molecule has 0 radical (unpaired) electrons. The first-order valence-corrected chi connectivity index (χ1v) is 7.43. The Balaban J connectivity index is 1.85. The quantitative estimate of drug-likeness (QED) is 0.882. The SMILES string of the molecule is Cc1cc(NC(=O)[C@@H](c2ccccc2)N2CCNC(=O)C2)no1. The van der Waals surface area contributed by atoms with E-state index < -0.39 is 6.04 Å². The fourth-order valence-corrected chi connectivity index (χ4v) is 2.66. The highest BCUT2D eigenvalue weighted by Crippen LogP contribution is 2.23. The molecule has 0 unspecified atom stereocenters. The number of benzene rings is 1. The van der Waals surface area contributed by atoms with Crippen molar-refractivity contribution in [3.63, 3.8) is 0 Å². The molecule has 7 nitrogen and oxygen atoms in total. The van der Waals surface area contributed by atoms with Crippen molar-refractivity contribution in [2.75, 3.05) is 25.0 Å². The maximum absolute atomic E-state index is 12.8. The van der Waals surface area contributed by atoms with Gasteiger partial charge in [0.15, 0.2) is 5.82 Å². The topological polar surface area (TPSA) is 87.5 Å². The summed E-state index contributed by atoms with van der Waals surface area (Å²) in [7, 11) is 0. The number of aromatic nitrogens is 1. The Hall–Kier alpha value is -2.67. The van der Waals surface area contributed by atoms with E-state index in [0.717, 1.165) is 5.56 Å². The van der Waals surface area contributed by atoms with Gasteiger partial charge < -0.3 is 15.2 Å². The van der Waals surface area contributed by atoms with Crippen LogP contribution in [-0.4, -0.2) is 41.5 Å². The molecule has 3 rings (SSSR count). The number of rotatable bonds is 4. The lowest BCUT2D eigenvalue weighted by Gasteiger charge is -2.33. The second kappa shape index (κ2) is 6.62. The Labute approximate surface area is 133 Å². The van der Waals surface area contributed by atoms with Crippen molar-refractivity contribution in [2.24, 2.45) is 0 Å². The Morgan fingerprint density at radius 3 is 2.83 bits per heavy atom. The molecule has 1 aliphatic heterocycles. The summed E-state index contributed by atoms with van der Waals surface area (Å²) in [6.07, 6.45) is 0. The predicted octanol–water partition coefficient (Wildman–Crippen LogP) is 1.09. The summed E-state index contributed by atoms with van der Waals surface area (Å²) < 4.78 is 4.97. The molecule has 0 spiro atoms. The van der Waals surface area contributed by atoms with Gasteiger partial charge in [-0.3, -0.25) is 14.5 Å². The van der Waals surface area contributed by atoms with Crippen molar-refractivity contribution in [1.82, 2.24) is 15.4 Å². The average molecular weight is 314 g/mol. The largest absolute Gasteiger partial charge is 0.360 e. The average Bonchev–Trinajstić information content (AvgIpc) is 2.94. The molecule has 0 bridgehead atoms. The van der Waals surface area contributed by atoms with Crippen molar-refractivity contribution in [3.05, 3.63) is 47.7 Å². The molecule has 2 N–H and O–H groups in total. The Bertz CT molecular complexity index is 698. The summed E-state index contributed by atoms with van der Waals surface area (Å²) in [6.45, 7) is 3.08. The van der Waals surface area contributed by atoms with Crippen molar-refractivity contribution in [1.29, 1.82) is 0 Å². The van der Waals surface area contributed by atoms with Crippen molar-refractivity contribution in [3.8, 4) is 0 Å². The molecule has 2 amide bonds. The lowest BCUT2D eigenvalue weighted by atomic mass is 10.0. The molecule has 1 aliphatic rings. The van der Waals surface area contributed by atoms with Gasteiger partial charge in [0.05, 0.1) is 6.54 Å². The van der Waals surface area contributed by atoms with Gasteiger partial charge >= 0.3 is 0 Å². The van der Waals surface area contributed by atoms with Crippen LogP contribution in [0.3, 0.4) is 0 Å². The Kier molecular flexibility index (Phi) is 4.38. The molecule has 120 valence electrons. The highest BCUT2D eigenvalue weighted by molar-refractivity contribution is 5.95. The second-order valence-corrected chi connectivity index (χ2v) is 5.45. The molecule has 2 aromatic rings. The third-order valence-electron chi connectivity index (χ3n) is 3.68. The summed E-state index contributed by atoms with van der Waals surface area (Å²) in [4.78, 5) is 26.3. The van der Waals surface area contributed by atoms with Gasteiger partial charge in [-0.2, -0.15) is 0 Å². The molecule has 0 aliphatic carbocycles. The van der Waals surface area contributed by atoms with E-state index in [2.05, 4.69) is 15.8 Å². The highest BCUT2D eigenvalue weighted by atomic mass is 16.5. The van der Waals surface area contributed by atoms with Gasteiger partial charge in [-0.25, -0.2) is 0 Å². The van der Waals surface area contributed by atoms with Gasteiger partial charge in [0.2, 0.25) is 11.8 Å². The number of aryl methyl sites for hydroxylation is 1. The molecular formula is C16H18N4O3. The minimum absolute atomic E-state index is 0.0812. The zero-order valence-electron chi connectivity index (χ0n) is 12.8. The number of amides is 2. The van der Waals surface area contributed by atoms with Crippen LogP contribution in [0.4, 0.5) is 5.82 Å². The van der Waals surface area contributed by atoms with E-state index in [-0.39, 0.29) is 18.4 Å². The van der Waals surface area contributed by atoms with Crippen molar-refractivity contribution >= 4 is 17.6 Å². The van der Waals surface area contributed by atoms with Crippen LogP contribution in [0.15, 0.2) is 40.9 Å². The monoisotopic (exact) mass is 314 g/mol. The summed E-state index contributed by atoms with van der Waals surface area (Å²) in [5, 5.41) is 9.31. The van der Waals surface area contributed by atoms with Crippen LogP contribution in [0.25, 0.3) is 0 Å². The summed E-state index contributed by atoms with van der Waals surface area (Å²) >= 11 is 0. The molecule has 23 heavy (non-hydrogen) atoms. The lowest BCUT2D eigenvalue weighted by molar-refractivity contribution is -0.128. The smallest absolute Gasteiger partial charge is 0.247 e. The van der Waals surface area contributed by atoms with Gasteiger partial charge in [-0.15, -0.1) is 0 Å². The summed E-state index contributed by atoms with van der Waals surface area (Å²) in [6, 6.07) is 10.5.